The summed E-state index contributed by atoms with van der Waals surface area (Å²) in [5, 5.41) is 9.48. The Labute approximate surface area is 112 Å². The number of benzene rings is 1. The number of aromatic hydroxyl groups is 1. The van der Waals surface area contributed by atoms with Gasteiger partial charge in [0.05, 0.1) is 4.47 Å². The molecule has 1 aromatic rings. The van der Waals surface area contributed by atoms with Crippen molar-refractivity contribution in [2.75, 3.05) is 6.54 Å². The Hall–Kier alpha value is -0.540. The summed E-state index contributed by atoms with van der Waals surface area (Å²) in [6, 6.07) is 6.50. The number of likely N-dealkylation sites (tertiary alicyclic amines) is 1. The van der Waals surface area contributed by atoms with Crippen LogP contribution in [-0.2, 0) is 6.54 Å². The SMILES string of the molecule is CC(C)C1CCCN1Cc1ccc(O)c(Br)c1. The van der Waals surface area contributed by atoms with E-state index in [1.54, 1.807) is 6.07 Å². The lowest BCUT2D eigenvalue weighted by molar-refractivity contribution is 0.199. The third-order valence-electron chi connectivity index (χ3n) is 3.58. The van der Waals surface area contributed by atoms with Gasteiger partial charge in [-0.25, -0.2) is 0 Å². The van der Waals surface area contributed by atoms with Gasteiger partial charge < -0.3 is 5.11 Å². The molecule has 17 heavy (non-hydrogen) atoms. The standard InChI is InChI=1S/C14H20BrNO/c1-10(2)13-4-3-7-16(13)9-11-5-6-14(17)12(15)8-11/h5-6,8,10,13,17H,3-4,7,9H2,1-2H3. The maximum atomic E-state index is 9.48. The summed E-state index contributed by atoms with van der Waals surface area (Å²) >= 11 is 3.37. The molecule has 2 rings (SSSR count). The molecule has 3 heteroatoms. The highest BCUT2D eigenvalue weighted by atomic mass is 79.9. The highest BCUT2D eigenvalue weighted by Crippen LogP contribution is 2.28. The van der Waals surface area contributed by atoms with E-state index in [-0.39, 0.29) is 0 Å². The van der Waals surface area contributed by atoms with Crippen LogP contribution in [0.15, 0.2) is 22.7 Å². The van der Waals surface area contributed by atoms with Crippen LogP contribution >= 0.6 is 15.9 Å². The van der Waals surface area contributed by atoms with Crippen molar-refractivity contribution in [2.24, 2.45) is 5.92 Å². The van der Waals surface area contributed by atoms with Crippen LogP contribution in [0.3, 0.4) is 0 Å². The lowest BCUT2D eigenvalue weighted by Crippen LogP contribution is -2.32. The molecule has 1 saturated heterocycles. The smallest absolute Gasteiger partial charge is 0.129 e. The number of rotatable bonds is 3. The normalized spacial score (nSPS) is 21.3. The largest absolute Gasteiger partial charge is 0.507 e. The van der Waals surface area contributed by atoms with Crippen molar-refractivity contribution < 1.29 is 5.11 Å². The third-order valence-corrected chi connectivity index (χ3v) is 4.22. The Morgan fingerprint density at radius 2 is 2.24 bits per heavy atom. The predicted octanol–water partition coefficient (Wildman–Crippen LogP) is 3.78. The van der Waals surface area contributed by atoms with Crippen LogP contribution in [0.5, 0.6) is 5.75 Å². The Morgan fingerprint density at radius 3 is 2.88 bits per heavy atom. The number of phenolic OH excluding ortho intramolecular Hbond substituents is 1. The molecule has 94 valence electrons. The monoisotopic (exact) mass is 297 g/mol. The maximum Gasteiger partial charge on any atom is 0.129 e. The number of halogens is 1. The number of phenols is 1. The lowest BCUT2D eigenvalue weighted by Gasteiger charge is -2.27. The molecule has 1 aliphatic rings. The Balaban J connectivity index is 2.07. The molecule has 1 aromatic carbocycles. The fourth-order valence-corrected chi connectivity index (χ4v) is 3.11. The summed E-state index contributed by atoms with van der Waals surface area (Å²) in [6.07, 6.45) is 2.62. The molecule has 0 spiro atoms. The fourth-order valence-electron chi connectivity index (χ4n) is 2.69. The minimum absolute atomic E-state index is 0.315. The van der Waals surface area contributed by atoms with Crippen LogP contribution in [0.2, 0.25) is 0 Å². The molecular weight excluding hydrogens is 278 g/mol. The van der Waals surface area contributed by atoms with Crippen LogP contribution in [0, 0.1) is 5.92 Å². The van der Waals surface area contributed by atoms with Gasteiger partial charge in [0.2, 0.25) is 0 Å². The van der Waals surface area contributed by atoms with E-state index in [4.69, 9.17) is 0 Å². The molecule has 1 unspecified atom stereocenters. The summed E-state index contributed by atoms with van der Waals surface area (Å²) in [5.74, 6) is 1.04. The van der Waals surface area contributed by atoms with E-state index < -0.39 is 0 Å². The third kappa shape index (κ3) is 3.02. The van der Waals surface area contributed by atoms with Crippen molar-refractivity contribution in [3.63, 3.8) is 0 Å². The van der Waals surface area contributed by atoms with Gasteiger partial charge >= 0.3 is 0 Å². The van der Waals surface area contributed by atoms with Crippen LogP contribution in [0.4, 0.5) is 0 Å². The quantitative estimate of drug-likeness (QED) is 0.918. The molecule has 0 aliphatic carbocycles. The predicted molar refractivity (Wildman–Crippen MR) is 74.1 cm³/mol. The fraction of sp³-hybridized carbons (Fsp3) is 0.571. The number of hydrogen-bond donors (Lipinski definition) is 1. The minimum atomic E-state index is 0.315. The van der Waals surface area contributed by atoms with Crippen LogP contribution in [0.25, 0.3) is 0 Å². The van der Waals surface area contributed by atoms with E-state index in [1.807, 2.05) is 12.1 Å². The number of hydrogen-bond acceptors (Lipinski definition) is 2. The van der Waals surface area contributed by atoms with Gasteiger partial charge in [-0.2, -0.15) is 0 Å². The maximum absolute atomic E-state index is 9.48. The summed E-state index contributed by atoms with van der Waals surface area (Å²) in [7, 11) is 0. The topological polar surface area (TPSA) is 23.5 Å². The van der Waals surface area contributed by atoms with Crippen molar-refractivity contribution in [3.05, 3.63) is 28.2 Å². The van der Waals surface area contributed by atoms with E-state index in [0.29, 0.717) is 11.8 Å². The average molecular weight is 298 g/mol. The molecular formula is C14H20BrNO. The Bertz CT molecular complexity index is 392. The molecule has 1 aliphatic heterocycles. The van der Waals surface area contributed by atoms with Gasteiger partial charge in [0, 0.05) is 12.6 Å². The first-order valence-electron chi connectivity index (χ1n) is 6.29. The first-order valence-corrected chi connectivity index (χ1v) is 7.08. The van der Waals surface area contributed by atoms with Gasteiger partial charge in [-0.1, -0.05) is 19.9 Å². The zero-order chi connectivity index (χ0) is 12.4. The van der Waals surface area contributed by atoms with Crippen molar-refractivity contribution in [1.29, 1.82) is 0 Å². The summed E-state index contributed by atoms with van der Waals surface area (Å²) in [6.45, 7) is 6.79. The van der Waals surface area contributed by atoms with Crippen molar-refractivity contribution in [1.82, 2.24) is 4.90 Å². The Kier molecular flexibility index (Phi) is 4.10. The van der Waals surface area contributed by atoms with Gasteiger partial charge in [-0.3, -0.25) is 4.90 Å². The van der Waals surface area contributed by atoms with Crippen molar-refractivity contribution >= 4 is 15.9 Å². The number of nitrogens with zero attached hydrogens (tertiary/aromatic N) is 1. The summed E-state index contributed by atoms with van der Waals surface area (Å²) in [5.41, 5.74) is 1.27. The highest BCUT2D eigenvalue weighted by molar-refractivity contribution is 9.10. The molecule has 0 bridgehead atoms. The first kappa shape index (κ1) is 12.9. The van der Waals surface area contributed by atoms with Crippen molar-refractivity contribution in [2.45, 2.75) is 39.3 Å². The molecule has 2 nitrogen and oxygen atoms in total. The second-order valence-electron chi connectivity index (χ2n) is 5.21. The molecule has 1 heterocycles. The molecule has 0 amide bonds. The minimum Gasteiger partial charge on any atom is -0.507 e. The van der Waals surface area contributed by atoms with Gasteiger partial charge in [0.15, 0.2) is 0 Å². The van der Waals surface area contributed by atoms with Crippen LogP contribution in [0.1, 0.15) is 32.3 Å². The molecule has 1 fully saturated rings. The molecule has 1 N–H and O–H groups in total. The van der Waals surface area contributed by atoms with Gasteiger partial charge in [0.1, 0.15) is 5.75 Å². The molecule has 0 aromatic heterocycles. The van der Waals surface area contributed by atoms with Gasteiger partial charge in [-0.05, 0) is 58.9 Å². The lowest BCUT2D eigenvalue weighted by atomic mass is 10.0. The molecule has 0 saturated carbocycles. The Morgan fingerprint density at radius 1 is 1.47 bits per heavy atom. The van der Waals surface area contributed by atoms with Gasteiger partial charge in [0.25, 0.3) is 0 Å². The second kappa shape index (κ2) is 5.40. The highest BCUT2D eigenvalue weighted by Gasteiger charge is 2.26. The molecule has 0 radical (unpaired) electrons. The zero-order valence-electron chi connectivity index (χ0n) is 10.5. The first-order chi connectivity index (χ1) is 8.08. The molecule has 1 atom stereocenters. The van der Waals surface area contributed by atoms with Crippen LogP contribution < -0.4 is 0 Å². The van der Waals surface area contributed by atoms with E-state index in [1.165, 1.54) is 24.9 Å². The van der Waals surface area contributed by atoms with Crippen molar-refractivity contribution in [3.8, 4) is 5.75 Å². The van der Waals surface area contributed by atoms with Gasteiger partial charge in [-0.15, -0.1) is 0 Å². The van der Waals surface area contributed by atoms with E-state index in [9.17, 15) is 5.11 Å². The average Bonchev–Trinajstić information content (AvgIpc) is 2.72. The summed E-state index contributed by atoms with van der Waals surface area (Å²) < 4.78 is 0.787. The zero-order valence-corrected chi connectivity index (χ0v) is 12.1. The second-order valence-corrected chi connectivity index (χ2v) is 6.06. The van der Waals surface area contributed by atoms with E-state index >= 15 is 0 Å². The van der Waals surface area contributed by atoms with E-state index in [2.05, 4.69) is 34.7 Å². The van der Waals surface area contributed by atoms with E-state index in [0.717, 1.165) is 16.9 Å². The summed E-state index contributed by atoms with van der Waals surface area (Å²) in [4.78, 5) is 2.56. The van der Waals surface area contributed by atoms with Crippen LogP contribution in [-0.4, -0.2) is 22.6 Å².